The number of carbonyl (C=O) groups is 1. The van der Waals surface area contributed by atoms with Gasteiger partial charge in [-0.2, -0.15) is 0 Å². The molecule has 1 aromatic rings. The second-order valence-corrected chi connectivity index (χ2v) is 5.64. The van der Waals surface area contributed by atoms with Crippen molar-refractivity contribution in [2.75, 3.05) is 5.88 Å². The Morgan fingerprint density at radius 1 is 1.73 bits per heavy atom. The van der Waals surface area contributed by atoms with Gasteiger partial charge in [-0.15, -0.1) is 22.9 Å². The Labute approximate surface area is 107 Å². The molecule has 2 nitrogen and oxygen atoms in total. The molecule has 0 saturated carbocycles. The van der Waals surface area contributed by atoms with Gasteiger partial charge < -0.3 is 5.32 Å². The van der Waals surface area contributed by atoms with Gasteiger partial charge in [0.15, 0.2) is 0 Å². The molecule has 1 aromatic heterocycles. The van der Waals surface area contributed by atoms with Gasteiger partial charge in [0.2, 0.25) is 0 Å². The predicted octanol–water partition coefficient (Wildman–Crippen LogP) is 3.65. The van der Waals surface area contributed by atoms with Crippen molar-refractivity contribution in [2.45, 2.75) is 25.8 Å². The molecule has 0 aromatic carbocycles. The number of amides is 1. The summed E-state index contributed by atoms with van der Waals surface area (Å²) in [6.45, 7) is 3.95. The normalized spacial score (nSPS) is 14.7. The summed E-state index contributed by atoms with van der Waals surface area (Å²) < 4.78 is 0.832. The van der Waals surface area contributed by atoms with Crippen LogP contribution in [0.4, 0.5) is 0 Å². The SMILES string of the molecule is CCC(C)(CCl)NC(=O)c1sccc1Br. The number of nitrogens with one attached hydrogen (secondary N) is 1. The van der Waals surface area contributed by atoms with Crippen molar-refractivity contribution in [3.05, 3.63) is 20.8 Å². The highest BCUT2D eigenvalue weighted by molar-refractivity contribution is 9.10. The molecule has 0 bridgehead atoms. The standard InChI is InChI=1S/C10H13BrClNOS/c1-3-10(2,6-12)13-9(14)8-7(11)4-5-15-8/h4-5H,3,6H2,1-2H3,(H,13,14). The first-order chi connectivity index (χ1) is 7.02. The van der Waals surface area contributed by atoms with E-state index in [4.69, 9.17) is 11.6 Å². The number of carbonyl (C=O) groups excluding carboxylic acids is 1. The van der Waals surface area contributed by atoms with Crippen LogP contribution in [-0.4, -0.2) is 17.3 Å². The maximum absolute atomic E-state index is 11.9. The first-order valence-corrected chi connectivity index (χ1v) is 6.84. The molecule has 0 fully saturated rings. The number of thiophene rings is 1. The Balaban J connectivity index is 2.76. The molecule has 1 rings (SSSR count). The fourth-order valence-corrected chi connectivity index (χ4v) is 2.71. The van der Waals surface area contributed by atoms with E-state index in [0.29, 0.717) is 10.8 Å². The van der Waals surface area contributed by atoms with E-state index < -0.39 is 0 Å². The van der Waals surface area contributed by atoms with E-state index in [1.54, 1.807) is 0 Å². The predicted molar refractivity (Wildman–Crippen MR) is 68.9 cm³/mol. The first kappa shape index (κ1) is 13.0. The van der Waals surface area contributed by atoms with Crippen molar-refractivity contribution in [2.24, 2.45) is 0 Å². The average Bonchev–Trinajstić information content (AvgIpc) is 2.64. The van der Waals surface area contributed by atoms with E-state index in [9.17, 15) is 4.79 Å². The van der Waals surface area contributed by atoms with E-state index in [1.807, 2.05) is 25.3 Å². The van der Waals surface area contributed by atoms with Crippen molar-refractivity contribution >= 4 is 44.8 Å². The summed E-state index contributed by atoms with van der Waals surface area (Å²) in [4.78, 5) is 12.6. The van der Waals surface area contributed by atoms with Crippen LogP contribution in [0.3, 0.4) is 0 Å². The van der Waals surface area contributed by atoms with Crippen molar-refractivity contribution in [1.29, 1.82) is 0 Å². The van der Waals surface area contributed by atoms with Crippen LogP contribution in [-0.2, 0) is 0 Å². The van der Waals surface area contributed by atoms with Gasteiger partial charge in [-0.05, 0) is 40.7 Å². The highest BCUT2D eigenvalue weighted by atomic mass is 79.9. The zero-order chi connectivity index (χ0) is 11.5. The summed E-state index contributed by atoms with van der Waals surface area (Å²) in [6, 6.07) is 1.86. The molecule has 1 unspecified atom stereocenters. The van der Waals surface area contributed by atoms with Gasteiger partial charge in [0, 0.05) is 10.4 Å². The highest BCUT2D eigenvalue weighted by Gasteiger charge is 2.24. The highest BCUT2D eigenvalue weighted by Crippen LogP contribution is 2.23. The molecule has 5 heteroatoms. The lowest BCUT2D eigenvalue weighted by Crippen LogP contribution is -2.46. The molecular formula is C10H13BrClNOS. The van der Waals surface area contributed by atoms with Crippen LogP contribution in [0.1, 0.15) is 29.9 Å². The molecule has 1 N–H and O–H groups in total. The fourth-order valence-electron chi connectivity index (χ4n) is 1.00. The minimum Gasteiger partial charge on any atom is -0.345 e. The second kappa shape index (κ2) is 5.32. The fraction of sp³-hybridized carbons (Fsp3) is 0.500. The summed E-state index contributed by atoms with van der Waals surface area (Å²) in [5.41, 5.74) is -0.331. The number of hydrogen-bond donors (Lipinski definition) is 1. The van der Waals surface area contributed by atoms with Crippen molar-refractivity contribution < 1.29 is 4.79 Å². The van der Waals surface area contributed by atoms with Crippen LogP contribution in [0.15, 0.2) is 15.9 Å². The van der Waals surface area contributed by atoms with Gasteiger partial charge >= 0.3 is 0 Å². The van der Waals surface area contributed by atoms with Crippen LogP contribution in [0.5, 0.6) is 0 Å². The Kier molecular flexibility index (Phi) is 4.62. The lowest BCUT2D eigenvalue weighted by atomic mass is 10.0. The summed E-state index contributed by atoms with van der Waals surface area (Å²) in [7, 11) is 0. The molecular weight excluding hydrogens is 298 g/mol. The monoisotopic (exact) mass is 309 g/mol. The molecule has 0 aliphatic heterocycles. The van der Waals surface area contributed by atoms with Crippen LogP contribution >= 0.6 is 38.9 Å². The Morgan fingerprint density at radius 3 is 2.80 bits per heavy atom. The smallest absolute Gasteiger partial charge is 0.262 e. The molecule has 1 amide bonds. The van der Waals surface area contributed by atoms with Gasteiger partial charge in [-0.3, -0.25) is 4.79 Å². The Morgan fingerprint density at radius 2 is 2.40 bits per heavy atom. The van der Waals surface area contributed by atoms with Crippen LogP contribution in [0.25, 0.3) is 0 Å². The number of halogens is 2. The zero-order valence-corrected chi connectivity index (χ0v) is 11.8. The van der Waals surface area contributed by atoms with Gasteiger partial charge in [0.05, 0.1) is 5.54 Å². The summed E-state index contributed by atoms with van der Waals surface area (Å²) >= 11 is 10.6. The number of hydrogen-bond acceptors (Lipinski definition) is 2. The lowest BCUT2D eigenvalue weighted by Gasteiger charge is -2.26. The third-order valence-electron chi connectivity index (χ3n) is 2.31. The summed E-state index contributed by atoms with van der Waals surface area (Å²) in [5, 5.41) is 4.82. The van der Waals surface area contributed by atoms with Crippen molar-refractivity contribution in [1.82, 2.24) is 5.32 Å². The summed E-state index contributed by atoms with van der Waals surface area (Å²) in [5.74, 6) is 0.347. The lowest BCUT2D eigenvalue weighted by molar-refractivity contribution is 0.0916. The molecule has 84 valence electrons. The largest absolute Gasteiger partial charge is 0.345 e. The Bertz CT molecular complexity index is 349. The Hall–Kier alpha value is -0.0600. The van der Waals surface area contributed by atoms with Crippen molar-refractivity contribution in [3.63, 3.8) is 0 Å². The maximum atomic E-state index is 11.9. The third kappa shape index (κ3) is 3.20. The van der Waals surface area contributed by atoms with Gasteiger partial charge in [-0.25, -0.2) is 0 Å². The van der Waals surface area contributed by atoms with Gasteiger partial charge in [-0.1, -0.05) is 6.92 Å². The van der Waals surface area contributed by atoms with Crippen LogP contribution in [0, 0.1) is 0 Å². The topological polar surface area (TPSA) is 29.1 Å². The van der Waals surface area contributed by atoms with E-state index in [-0.39, 0.29) is 11.4 Å². The van der Waals surface area contributed by atoms with Crippen LogP contribution < -0.4 is 5.32 Å². The molecule has 1 atom stereocenters. The van der Waals surface area contributed by atoms with Gasteiger partial charge in [0.1, 0.15) is 4.88 Å². The molecule has 0 radical (unpaired) electrons. The molecule has 0 saturated heterocycles. The maximum Gasteiger partial charge on any atom is 0.262 e. The molecule has 1 heterocycles. The van der Waals surface area contributed by atoms with Crippen LogP contribution in [0.2, 0.25) is 0 Å². The minimum absolute atomic E-state index is 0.0677. The van der Waals surface area contributed by atoms with Crippen molar-refractivity contribution in [3.8, 4) is 0 Å². The molecule has 0 aliphatic carbocycles. The first-order valence-electron chi connectivity index (χ1n) is 4.64. The van der Waals surface area contributed by atoms with Gasteiger partial charge in [0.25, 0.3) is 5.91 Å². The van der Waals surface area contributed by atoms with E-state index in [0.717, 1.165) is 10.9 Å². The molecule has 0 aliphatic rings. The minimum atomic E-state index is -0.331. The molecule has 0 spiro atoms. The number of rotatable bonds is 4. The van der Waals surface area contributed by atoms with E-state index in [2.05, 4.69) is 21.2 Å². The number of alkyl halides is 1. The van der Waals surface area contributed by atoms with E-state index >= 15 is 0 Å². The quantitative estimate of drug-likeness (QED) is 0.845. The third-order valence-corrected chi connectivity index (χ3v) is 4.74. The second-order valence-electron chi connectivity index (χ2n) is 3.60. The summed E-state index contributed by atoms with van der Waals surface area (Å²) in [6.07, 6.45) is 0.811. The van der Waals surface area contributed by atoms with E-state index in [1.165, 1.54) is 11.3 Å². The zero-order valence-electron chi connectivity index (χ0n) is 8.64. The molecule has 15 heavy (non-hydrogen) atoms. The average molecular weight is 311 g/mol.